The number of rotatable bonds is 4. The Morgan fingerprint density at radius 1 is 1.12 bits per heavy atom. The van der Waals surface area contributed by atoms with Gasteiger partial charge in [0, 0.05) is 18.5 Å². The Labute approximate surface area is 152 Å². The minimum Gasteiger partial charge on any atom is -0.494 e. The summed E-state index contributed by atoms with van der Waals surface area (Å²) in [6.07, 6.45) is 1.54. The number of aryl methyl sites for hydroxylation is 1. The zero-order valence-corrected chi connectivity index (χ0v) is 14.9. The van der Waals surface area contributed by atoms with Crippen LogP contribution in [0.2, 0.25) is 0 Å². The minimum atomic E-state index is 0.727. The van der Waals surface area contributed by atoms with Gasteiger partial charge in [0.15, 0.2) is 0 Å². The van der Waals surface area contributed by atoms with Crippen LogP contribution in [0.5, 0.6) is 5.75 Å². The molecule has 1 fully saturated rings. The number of aromatic nitrogens is 3. The van der Waals surface area contributed by atoms with Gasteiger partial charge in [-0.1, -0.05) is 6.07 Å². The smallest absolute Gasteiger partial charge is 0.145 e. The molecule has 2 aromatic heterocycles. The summed E-state index contributed by atoms with van der Waals surface area (Å²) in [5.41, 5.74) is 2.62. The van der Waals surface area contributed by atoms with Crippen LogP contribution in [0.1, 0.15) is 5.69 Å². The molecule has 0 unspecified atom stereocenters. The van der Waals surface area contributed by atoms with Crippen LogP contribution < -0.4 is 15.0 Å². The van der Waals surface area contributed by atoms with Crippen molar-refractivity contribution in [3.63, 3.8) is 0 Å². The highest BCUT2D eigenvalue weighted by Crippen LogP contribution is 2.30. The van der Waals surface area contributed by atoms with E-state index in [-0.39, 0.29) is 0 Å². The van der Waals surface area contributed by atoms with Crippen LogP contribution in [0.3, 0.4) is 0 Å². The van der Waals surface area contributed by atoms with Crippen LogP contribution in [0.15, 0.2) is 36.7 Å². The molecular formula is C19H21N5O2. The number of morpholine rings is 1. The molecule has 3 aromatic rings. The number of nitrogens with one attached hydrogen (secondary N) is 1. The zero-order valence-electron chi connectivity index (χ0n) is 14.9. The molecule has 1 N–H and O–H groups in total. The highest BCUT2D eigenvalue weighted by molar-refractivity contribution is 5.94. The van der Waals surface area contributed by atoms with E-state index >= 15 is 0 Å². The standard InChI is InChI=1S/C19H21N5O2/c1-13-15(6-7-17(22-13)24-8-10-26-11-9-24)23-19-14-4-3-5-16(25-2)18(14)20-12-21-19/h3-7,12H,8-11H2,1-2H3,(H,20,21,23). The van der Waals surface area contributed by atoms with Crippen LogP contribution in [0.4, 0.5) is 17.3 Å². The number of hydrogen-bond donors (Lipinski definition) is 1. The van der Waals surface area contributed by atoms with Crippen LogP contribution in [-0.2, 0) is 4.74 Å². The number of fused-ring (bicyclic) bond motifs is 1. The van der Waals surface area contributed by atoms with Crippen molar-refractivity contribution in [1.82, 2.24) is 15.0 Å². The van der Waals surface area contributed by atoms with E-state index in [0.717, 1.165) is 66.0 Å². The van der Waals surface area contributed by atoms with E-state index in [9.17, 15) is 0 Å². The SMILES string of the molecule is COc1cccc2c(Nc3ccc(N4CCOCC4)nc3C)ncnc12. The average Bonchev–Trinajstić information content (AvgIpc) is 2.70. The molecule has 0 spiro atoms. The Morgan fingerprint density at radius 3 is 2.73 bits per heavy atom. The van der Waals surface area contributed by atoms with Crippen molar-refractivity contribution < 1.29 is 9.47 Å². The Hall–Kier alpha value is -2.93. The third-order valence-electron chi connectivity index (χ3n) is 4.51. The molecule has 0 amide bonds. The summed E-state index contributed by atoms with van der Waals surface area (Å²) in [6.45, 7) is 5.23. The van der Waals surface area contributed by atoms with Gasteiger partial charge in [-0.3, -0.25) is 0 Å². The van der Waals surface area contributed by atoms with Crippen molar-refractivity contribution in [2.45, 2.75) is 6.92 Å². The third-order valence-corrected chi connectivity index (χ3v) is 4.51. The molecule has 0 atom stereocenters. The molecule has 134 valence electrons. The van der Waals surface area contributed by atoms with Gasteiger partial charge in [0.1, 0.15) is 29.2 Å². The number of para-hydroxylation sites is 1. The Bertz CT molecular complexity index is 925. The first-order valence-corrected chi connectivity index (χ1v) is 8.61. The molecule has 1 aliphatic heterocycles. The number of ether oxygens (including phenoxy) is 2. The van der Waals surface area contributed by atoms with Gasteiger partial charge in [-0.15, -0.1) is 0 Å². The lowest BCUT2D eigenvalue weighted by molar-refractivity contribution is 0.122. The third kappa shape index (κ3) is 3.13. The van der Waals surface area contributed by atoms with Gasteiger partial charge in [0.2, 0.25) is 0 Å². The molecule has 7 heteroatoms. The Balaban J connectivity index is 1.64. The monoisotopic (exact) mass is 351 g/mol. The van der Waals surface area contributed by atoms with Crippen molar-refractivity contribution >= 4 is 28.2 Å². The second-order valence-electron chi connectivity index (χ2n) is 6.11. The fraction of sp³-hybridized carbons (Fsp3) is 0.316. The van der Waals surface area contributed by atoms with Crippen LogP contribution in [0, 0.1) is 6.92 Å². The lowest BCUT2D eigenvalue weighted by atomic mass is 10.2. The number of methoxy groups -OCH3 is 1. The van der Waals surface area contributed by atoms with E-state index in [1.165, 1.54) is 6.33 Å². The van der Waals surface area contributed by atoms with Crippen molar-refractivity contribution in [2.75, 3.05) is 43.6 Å². The van der Waals surface area contributed by atoms with E-state index in [1.54, 1.807) is 7.11 Å². The van der Waals surface area contributed by atoms with Crippen molar-refractivity contribution in [3.05, 3.63) is 42.4 Å². The lowest BCUT2D eigenvalue weighted by Gasteiger charge is -2.28. The molecule has 0 bridgehead atoms. The van der Waals surface area contributed by atoms with E-state index in [0.29, 0.717) is 0 Å². The number of hydrogen-bond acceptors (Lipinski definition) is 7. The van der Waals surface area contributed by atoms with E-state index in [2.05, 4.69) is 20.2 Å². The summed E-state index contributed by atoms with van der Waals surface area (Å²) < 4.78 is 10.8. The molecule has 1 aliphatic rings. The van der Waals surface area contributed by atoms with Gasteiger partial charge >= 0.3 is 0 Å². The predicted octanol–water partition coefficient (Wildman–Crippen LogP) is 2.92. The second-order valence-corrected chi connectivity index (χ2v) is 6.11. The normalized spacial score (nSPS) is 14.5. The van der Waals surface area contributed by atoms with Crippen LogP contribution in [-0.4, -0.2) is 48.4 Å². The van der Waals surface area contributed by atoms with Crippen LogP contribution in [0.25, 0.3) is 10.9 Å². The van der Waals surface area contributed by atoms with Gasteiger partial charge in [0.25, 0.3) is 0 Å². The number of nitrogens with zero attached hydrogens (tertiary/aromatic N) is 4. The largest absolute Gasteiger partial charge is 0.494 e. The topological polar surface area (TPSA) is 72.4 Å². The molecule has 0 saturated carbocycles. The predicted molar refractivity (Wildman–Crippen MR) is 101 cm³/mol. The average molecular weight is 351 g/mol. The molecule has 3 heterocycles. The Kier molecular flexibility index (Phi) is 4.53. The van der Waals surface area contributed by atoms with Gasteiger partial charge in [-0.05, 0) is 31.2 Å². The maximum Gasteiger partial charge on any atom is 0.145 e. The van der Waals surface area contributed by atoms with E-state index < -0.39 is 0 Å². The second kappa shape index (κ2) is 7.13. The summed E-state index contributed by atoms with van der Waals surface area (Å²) >= 11 is 0. The van der Waals surface area contributed by atoms with E-state index in [1.807, 2.05) is 37.3 Å². The first kappa shape index (κ1) is 16.5. The maximum absolute atomic E-state index is 5.41. The number of pyridine rings is 1. The number of benzene rings is 1. The first-order chi connectivity index (χ1) is 12.8. The summed E-state index contributed by atoms with van der Waals surface area (Å²) in [7, 11) is 1.64. The molecule has 0 radical (unpaired) electrons. The van der Waals surface area contributed by atoms with Crippen molar-refractivity contribution in [1.29, 1.82) is 0 Å². The van der Waals surface area contributed by atoms with E-state index in [4.69, 9.17) is 14.5 Å². The molecular weight excluding hydrogens is 330 g/mol. The molecule has 0 aliphatic carbocycles. The van der Waals surface area contributed by atoms with Gasteiger partial charge < -0.3 is 19.7 Å². The fourth-order valence-corrected chi connectivity index (χ4v) is 3.10. The molecule has 1 saturated heterocycles. The molecule has 7 nitrogen and oxygen atoms in total. The highest BCUT2D eigenvalue weighted by Gasteiger charge is 2.14. The maximum atomic E-state index is 5.41. The Morgan fingerprint density at radius 2 is 1.96 bits per heavy atom. The summed E-state index contributed by atoms with van der Waals surface area (Å²) in [4.78, 5) is 15.7. The fourth-order valence-electron chi connectivity index (χ4n) is 3.10. The molecule has 1 aromatic carbocycles. The van der Waals surface area contributed by atoms with Crippen molar-refractivity contribution in [3.8, 4) is 5.75 Å². The van der Waals surface area contributed by atoms with Gasteiger partial charge in [0.05, 0.1) is 31.7 Å². The van der Waals surface area contributed by atoms with Crippen LogP contribution >= 0.6 is 0 Å². The molecule has 26 heavy (non-hydrogen) atoms. The summed E-state index contributed by atoms with van der Waals surface area (Å²) in [6, 6.07) is 9.88. The minimum absolute atomic E-state index is 0.727. The lowest BCUT2D eigenvalue weighted by Crippen LogP contribution is -2.36. The zero-order chi connectivity index (χ0) is 17.9. The van der Waals surface area contributed by atoms with Gasteiger partial charge in [-0.2, -0.15) is 0 Å². The quantitative estimate of drug-likeness (QED) is 0.775. The summed E-state index contributed by atoms with van der Waals surface area (Å²) in [5.74, 6) is 2.44. The number of anilines is 3. The van der Waals surface area contributed by atoms with Gasteiger partial charge in [-0.25, -0.2) is 15.0 Å². The molecule has 4 rings (SSSR count). The first-order valence-electron chi connectivity index (χ1n) is 8.61. The highest BCUT2D eigenvalue weighted by atomic mass is 16.5. The van der Waals surface area contributed by atoms with Crippen molar-refractivity contribution in [2.24, 2.45) is 0 Å². The summed E-state index contributed by atoms with van der Waals surface area (Å²) in [5, 5.41) is 4.29.